The molecule has 3 aromatic rings. The van der Waals surface area contributed by atoms with Gasteiger partial charge in [0.05, 0.1) is 18.7 Å². The first kappa shape index (κ1) is 16.3. The summed E-state index contributed by atoms with van der Waals surface area (Å²) >= 11 is 0. The van der Waals surface area contributed by atoms with Crippen LogP contribution in [-0.2, 0) is 11.2 Å². The van der Waals surface area contributed by atoms with Gasteiger partial charge in [-0.05, 0) is 49.9 Å². The summed E-state index contributed by atoms with van der Waals surface area (Å²) in [6.07, 6.45) is 2.05. The SMILES string of the molecule is Cc1cc(C)c2c(CC(=O)NC(C)c3ccccc3)coc2c1C. The smallest absolute Gasteiger partial charge is 0.225 e. The van der Waals surface area contributed by atoms with E-state index < -0.39 is 0 Å². The molecule has 0 aliphatic rings. The lowest BCUT2D eigenvalue weighted by molar-refractivity contribution is -0.121. The third-order valence-electron chi connectivity index (χ3n) is 4.65. The molecule has 2 aromatic carbocycles. The second-order valence-electron chi connectivity index (χ2n) is 6.48. The number of amides is 1. The Labute approximate surface area is 142 Å². The number of carbonyl (C=O) groups excluding carboxylic acids is 1. The molecule has 0 saturated carbocycles. The highest BCUT2D eigenvalue weighted by molar-refractivity contribution is 5.92. The lowest BCUT2D eigenvalue weighted by Gasteiger charge is -2.14. The average Bonchev–Trinajstić information content (AvgIpc) is 2.97. The van der Waals surface area contributed by atoms with Crippen LogP contribution in [0, 0.1) is 20.8 Å². The van der Waals surface area contributed by atoms with Gasteiger partial charge in [0.2, 0.25) is 5.91 Å². The van der Waals surface area contributed by atoms with Crippen LogP contribution >= 0.6 is 0 Å². The molecule has 24 heavy (non-hydrogen) atoms. The van der Waals surface area contributed by atoms with Crippen molar-refractivity contribution in [1.82, 2.24) is 5.32 Å². The Morgan fingerprint density at radius 3 is 2.54 bits per heavy atom. The molecule has 1 heterocycles. The molecule has 0 bridgehead atoms. The molecule has 124 valence electrons. The molecule has 1 unspecified atom stereocenters. The molecular formula is C21H23NO2. The van der Waals surface area contributed by atoms with Gasteiger partial charge < -0.3 is 9.73 Å². The number of carbonyl (C=O) groups is 1. The summed E-state index contributed by atoms with van der Waals surface area (Å²) in [5, 5.41) is 4.13. The Hall–Kier alpha value is -2.55. The van der Waals surface area contributed by atoms with Crippen LogP contribution in [0.5, 0.6) is 0 Å². The summed E-state index contributed by atoms with van der Waals surface area (Å²) in [5.41, 5.74) is 6.45. The van der Waals surface area contributed by atoms with Crippen molar-refractivity contribution in [2.75, 3.05) is 0 Å². The first-order valence-electron chi connectivity index (χ1n) is 8.28. The molecule has 3 rings (SSSR count). The van der Waals surface area contributed by atoms with Gasteiger partial charge in [-0.1, -0.05) is 36.4 Å². The summed E-state index contributed by atoms with van der Waals surface area (Å²) in [6.45, 7) is 8.21. The minimum atomic E-state index is -0.0121. The largest absolute Gasteiger partial charge is 0.464 e. The van der Waals surface area contributed by atoms with Gasteiger partial charge in [-0.15, -0.1) is 0 Å². The van der Waals surface area contributed by atoms with Crippen LogP contribution in [0.25, 0.3) is 11.0 Å². The fourth-order valence-electron chi connectivity index (χ4n) is 3.21. The van der Waals surface area contributed by atoms with E-state index in [0.29, 0.717) is 6.42 Å². The minimum absolute atomic E-state index is 0.00619. The second kappa shape index (κ2) is 6.52. The van der Waals surface area contributed by atoms with Gasteiger partial charge in [0.1, 0.15) is 5.58 Å². The molecule has 0 radical (unpaired) electrons. The summed E-state index contributed by atoms with van der Waals surface area (Å²) < 4.78 is 5.75. The zero-order valence-electron chi connectivity index (χ0n) is 14.6. The lowest BCUT2D eigenvalue weighted by atomic mass is 9.98. The Bertz CT molecular complexity index is 878. The maximum Gasteiger partial charge on any atom is 0.225 e. The number of benzene rings is 2. The number of hydrogen-bond donors (Lipinski definition) is 1. The van der Waals surface area contributed by atoms with E-state index in [9.17, 15) is 4.79 Å². The Kier molecular flexibility index (Phi) is 4.43. The minimum Gasteiger partial charge on any atom is -0.464 e. The van der Waals surface area contributed by atoms with Crippen molar-refractivity contribution in [3.63, 3.8) is 0 Å². The third kappa shape index (κ3) is 3.07. The van der Waals surface area contributed by atoms with E-state index in [1.165, 1.54) is 5.56 Å². The zero-order chi connectivity index (χ0) is 17.3. The lowest BCUT2D eigenvalue weighted by Crippen LogP contribution is -2.28. The van der Waals surface area contributed by atoms with Crippen molar-refractivity contribution in [3.05, 3.63) is 70.5 Å². The highest BCUT2D eigenvalue weighted by atomic mass is 16.3. The molecule has 1 aromatic heterocycles. The van der Waals surface area contributed by atoms with Crippen molar-refractivity contribution in [2.45, 2.75) is 40.2 Å². The standard InChI is InChI=1S/C21H23NO2/c1-13-10-14(2)20-18(12-24-21(20)15(13)3)11-19(23)22-16(4)17-8-6-5-7-9-17/h5-10,12,16H,11H2,1-4H3,(H,22,23). The van der Waals surface area contributed by atoms with Gasteiger partial charge in [-0.3, -0.25) is 4.79 Å². The van der Waals surface area contributed by atoms with Crippen molar-refractivity contribution in [2.24, 2.45) is 0 Å². The summed E-state index contributed by atoms with van der Waals surface area (Å²) in [6, 6.07) is 12.1. The van der Waals surface area contributed by atoms with E-state index in [1.807, 2.05) is 37.3 Å². The molecular weight excluding hydrogens is 298 g/mol. The Morgan fingerprint density at radius 1 is 1.12 bits per heavy atom. The van der Waals surface area contributed by atoms with Crippen molar-refractivity contribution in [1.29, 1.82) is 0 Å². The number of rotatable bonds is 4. The van der Waals surface area contributed by atoms with Crippen molar-refractivity contribution in [3.8, 4) is 0 Å². The topological polar surface area (TPSA) is 42.2 Å². The van der Waals surface area contributed by atoms with E-state index >= 15 is 0 Å². The van der Waals surface area contributed by atoms with Gasteiger partial charge >= 0.3 is 0 Å². The summed E-state index contributed by atoms with van der Waals surface area (Å²) in [4.78, 5) is 12.4. The van der Waals surface area contributed by atoms with E-state index in [0.717, 1.165) is 33.2 Å². The Balaban J connectivity index is 1.80. The first-order chi connectivity index (χ1) is 11.5. The Morgan fingerprint density at radius 2 is 1.83 bits per heavy atom. The fourth-order valence-corrected chi connectivity index (χ4v) is 3.21. The third-order valence-corrected chi connectivity index (χ3v) is 4.65. The number of aryl methyl sites for hydroxylation is 3. The molecule has 0 fully saturated rings. The monoisotopic (exact) mass is 321 g/mol. The van der Waals surface area contributed by atoms with Crippen LogP contribution in [0.2, 0.25) is 0 Å². The highest BCUT2D eigenvalue weighted by Gasteiger charge is 2.16. The number of fused-ring (bicyclic) bond motifs is 1. The normalized spacial score (nSPS) is 12.3. The van der Waals surface area contributed by atoms with Crippen LogP contribution in [0.4, 0.5) is 0 Å². The second-order valence-corrected chi connectivity index (χ2v) is 6.48. The van der Waals surface area contributed by atoms with Gasteiger partial charge in [0.15, 0.2) is 0 Å². The molecule has 0 saturated heterocycles. The van der Waals surface area contributed by atoms with E-state index in [2.05, 4.69) is 32.2 Å². The van der Waals surface area contributed by atoms with Crippen LogP contribution in [0.3, 0.4) is 0 Å². The van der Waals surface area contributed by atoms with Gasteiger partial charge in [-0.2, -0.15) is 0 Å². The predicted molar refractivity (Wildman–Crippen MR) is 97.1 cm³/mol. The number of hydrogen-bond acceptors (Lipinski definition) is 2. The van der Waals surface area contributed by atoms with Crippen LogP contribution < -0.4 is 5.32 Å². The van der Waals surface area contributed by atoms with E-state index in [1.54, 1.807) is 6.26 Å². The van der Waals surface area contributed by atoms with Gasteiger partial charge in [-0.25, -0.2) is 0 Å². The van der Waals surface area contributed by atoms with Crippen LogP contribution in [0.1, 0.15) is 40.8 Å². The molecule has 1 amide bonds. The summed E-state index contributed by atoms with van der Waals surface area (Å²) in [5.74, 6) is 0.00619. The van der Waals surface area contributed by atoms with E-state index in [4.69, 9.17) is 4.42 Å². The first-order valence-corrected chi connectivity index (χ1v) is 8.28. The quantitative estimate of drug-likeness (QED) is 0.751. The van der Waals surface area contributed by atoms with Crippen LogP contribution in [-0.4, -0.2) is 5.91 Å². The molecule has 1 atom stereocenters. The van der Waals surface area contributed by atoms with E-state index in [-0.39, 0.29) is 11.9 Å². The van der Waals surface area contributed by atoms with Crippen molar-refractivity contribution < 1.29 is 9.21 Å². The molecule has 0 spiro atoms. The average molecular weight is 321 g/mol. The maximum atomic E-state index is 12.4. The zero-order valence-corrected chi connectivity index (χ0v) is 14.6. The fraction of sp³-hybridized carbons (Fsp3) is 0.286. The maximum absolute atomic E-state index is 12.4. The molecule has 3 nitrogen and oxygen atoms in total. The van der Waals surface area contributed by atoms with Gasteiger partial charge in [0, 0.05) is 10.9 Å². The van der Waals surface area contributed by atoms with Gasteiger partial charge in [0.25, 0.3) is 0 Å². The number of nitrogens with one attached hydrogen (secondary N) is 1. The molecule has 0 aliphatic carbocycles. The summed E-state index contributed by atoms with van der Waals surface area (Å²) in [7, 11) is 0. The predicted octanol–water partition coefficient (Wildman–Crippen LogP) is 4.78. The highest BCUT2D eigenvalue weighted by Crippen LogP contribution is 2.30. The van der Waals surface area contributed by atoms with Crippen LogP contribution in [0.15, 0.2) is 47.1 Å². The molecule has 3 heteroatoms. The molecule has 1 N–H and O–H groups in total. The van der Waals surface area contributed by atoms with Crippen molar-refractivity contribution >= 4 is 16.9 Å². The number of furan rings is 1. The molecule has 0 aliphatic heterocycles.